The van der Waals surface area contributed by atoms with Crippen LogP contribution < -0.4 is 10.3 Å². The Kier molecular flexibility index (Phi) is 4.27. The zero-order valence-electron chi connectivity index (χ0n) is 14.0. The molecule has 0 unspecified atom stereocenters. The summed E-state index contributed by atoms with van der Waals surface area (Å²) in [6.07, 6.45) is 2.67. The molecule has 4 rings (SSSR count). The molecule has 7 nitrogen and oxygen atoms in total. The lowest BCUT2D eigenvalue weighted by molar-refractivity contribution is 0.401. The van der Waals surface area contributed by atoms with Gasteiger partial charge in [-0.1, -0.05) is 11.6 Å². The number of aromatic nitrogens is 5. The van der Waals surface area contributed by atoms with E-state index in [1.54, 1.807) is 7.05 Å². The van der Waals surface area contributed by atoms with Crippen molar-refractivity contribution in [2.45, 2.75) is 0 Å². The predicted molar refractivity (Wildman–Crippen MR) is 93.3 cm³/mol. The van der Waals surface area contributed by atoms with Crippen molar-refractivity contribution >= 4 is 22.8 Å². The van der Waals surface area contributed by atoms with E-state index < -0.39 is 23.0 Å². The smallest absolute Gasteiger partial charge is 0.311 e. The van der Waals surface area contributed by atoms with E-state index in [1.165, 1.54) is 29.2 Å². The topological polar surface area (TPSA) is 74.8 Å². The molecule has 0 bridgehead atoms. The lowest BCUT2D eigenvalue weighted by atomic mass is 10.3. The van der Waals surface area contributed by atoms with Crippen molar-refractivity contribution in [2.75, 3.05) is 0 Å². The summed E-state index contributed by atoms with van der Waals surface area (Å²) in [4.78, 5) is 25.0. The minimum atomic E-state index is -1.64. The van der Waals surface area contributed by atoms with Gasteiger partial charge in [-0.3, -0.25) is 4.79 Å². The van der Waals surface area contributed by atoms with Crippen LogP contribution in [0.1, 0.15) is 0 Å². The van der Waals surface area contributed by atoms with E-state index in [9.17, 15) is 18.0 Å². The standard InChI is InChI=1S/C17H9ClF3N5O2/c1-25-7-23-14-15(25)24-17(28-9-4-10(19)13(21)11(20)5-9)26(16(14)27)8-2-3-12(18)22-6-8/h2-7H,1H3. The zero-order valence-corrected chi connectivity index (χ0v) is 14.8. The number of hydrogen-bond acceptors (Lipinski definition) is 5. The van der Waals surface area contributed by atoms with E-state index >= 15 is 0 Å². The Bertz CT molecular complexity index is 1250. The highest BCUT2D eigenvalue weighted by molar-refractivity contribution is 6.29. The van der Waals surface area contributed by atoms with Crippen LogP contribution in [0.3, 0.4) is 0 Å². The largest absolute Gasteiger partial charge is 0.425 e. The van der Waals surface area contributed by atoms with E-state index in [4.69, 9.17) is 16.3 Å². The minimum Gasteiger partial charge on any atom is -0.425 e. The van der Waals surface area contributed by atoms with Gasteiger partial charge < -0.3 is 9.30 Å². The maximum atomic E-state index is 13.5. The second-order valence-corrected chi connectivity index (χ2v) is 6.09. The quantitative estimate of drug-likeness (QED) is 0.384. The van der Waals surface area contributed by atoms with E-state index in [-0.39, 0.29) is 33.8 Å². The van der Waals surface area contributed by atoms with Gasteiger partial charge in [0, 0.05) is 19.2 Å². The number of halogens is 4. The van der Waals surface area contributed by atoms with Gasteiger partial charge in [0.15, 0.2) is 28.6 Å². The first-order chi connectivity index (χ1) is 13.3. The molecular formula is C17H9ClF3N5O2. The molecule has 142 valence electrons. The average molecular weight is 408 g/mol. The van der Waals surface area contributed by atoms with Crippen LogP contribution in [0.15, 0.2) is 41.6 Å². The fourth-order valence-corrected chi connectivity index (χ4v) is 2.64. The van der Waals surface area contributed by atoms with Crippen molar-refractivity contribution < 1.29 is 17.9 Å². The van der Waals surface area contributed by atoms with Gasteiger partial charge in [0.05, 0.1) is 18.2 Å². The third-order valence-electron chi connectivity index (χ3n) is 3.84. The number of pyridine rings is 1. The van der Waals surface area contributed by atoms with Crippen molar-refractivity contribution in [1.82, 2.24) is 24.1 Å². The Labute approximate surface area is 159 Å². The van der Waals surface area contributed by atoms with Crippen molar-refractivity contribution in [3.63, 3.8) is 0 Å². The summed E-state index contributed by atoms with van der Waals surface area (Å²) >= 11 is 5.78. The van der Waals surface area contributed by atoms with E-state index in [1.807, 2.05) is 0 Å². The van der Waals surface area contributed by atoms with Gasteiger partial charge in [-0.05, 0) is 12.1 Å². The molecule has 0 N–H and O–H groups in total. The molecule has 0 saturated heterocycles. The molecule has 0 radical (unpaired) electrons. The molecule has 11 heteroatoms. The van der Waals surface area contributed by atoms with Gasteiger partial charge in [-0.25, -0.2) is 27.7 Å². The van der Waals surface area contributed by atoms with Gasteiger partial charge in [0.1, 0.15) is 10.9 Å². The van der Waals surface area contributed by atoms with Gasteiger partial charge in [0.2, 0.25) is 0 Å². The van der Waals surface area contributed by atoms with Crippen LogP contribution in [-0.4, -0.2) is 24.1 Å². The van der Waals surface area contributed by atoms with Crippen LogP contribution in [0.4, 0.5) is 13.2 Å². The molecular weight excluding hydrogens is 399 g/mol. The highest BCUT2D eigenvalue weighted by Crippen LogP contribution is 2.26. The first-order valence-electron chi connectivity index (χ1n) is 7.73. The Balaban J connectivity index is 1.95. The maximum Gasteiger partial charge on any atom is 0.311 e. The number of hydrogen-bond donors (Lipinski definition) is 0. The van der Waals surface area contributed by atoms with Crippen molar-refractivity contribution in [3.8, 4) is 17.4 Å². The molecule has 0 aliphatic rings. The van der Waals surface area contributed by atoms with E-state index in [0.29, 0.717) is 12.1 Å². The molecule has 3 aromatic heterocycles. The monoisotopic (exact) mass is 407 g/mol. The Morgan fingerprint density at radius 1 is 1.11 bits per heavy atom. The fourth-order valence-electron chi connectivity index (χ4n) is 2.53. The lowest BCUT2D eigenvalue weighted by Crippen LogP contribution is -2.22. The highest BCUT2D eigenvalue weighted by atomic mass is 35.5. The van der Waals surface area contributed by atoms with Crippen LogP contribution >= 0.6 is 11.6 Å². The second-order valence-electron chi connectivity index (χ2n) is 5.70. The van der Waals surface area contributed by atoms with Crippen LogP contribution in [-0.2, 0) is 7.05 Å². The summed E-state index contributed by atoms with van der Waals surface area (Å²) in [6, 6.07) is 3.87. The van der Waals surface area contributed by atoms with Crippen molar-refractivity contribution in [2.24, 2.45) is 7.05 Å². The van der Waals surface area contributed by atoms with Gasteiger partial charge in [-0.2, -0.15) is 4.98 Å². The summed E-state index contributed by atoms with van der Waals surface area (Å²) < 4.78 is 48.2. The molecule has 0 atom stereocenters. The minimum absolute atomic E-state index is 0.0428. The molecule has 1 aromatic carbocycles. The first kappa shape index (κ1) is 18.0. The Morgan fingerprint density at radius 2 is 1.82 bits per heavy atom. The van der Waals surface area contributed by atoms with Crippen molar-refractivity contribution in [1.29, 1.82) is 0 Å². The van der Waals surface area contributed by atoms with Crippen LogP contribution in [0.5, 0.6) is 11.8 Å². The number of fused-ring (bicyclic) bond motifs is 1. The average Bonchev–Trinajstić information content (AvgIpc) is 3.02. The zero-order chi connectivity index (χ0) is 20.0. The molecule has 3 heterocycles. The second kappa shape index (κ2) is 6.64. The molecule has 0 aliphatic carbocycles. The number of rotatable bonds is 3. The molecule has 4 aromatic rings. The van der Waals surface area contributed by atoms with Gasteiger partial charge in [-0.15, -0.1) is 0 Å². The molecule has 0 saturated carbocycles. The highest BCUT2D eigenvalue weighted by Gasteiger charge is 2.19. The molecule has 0 amide bonds. The lowest BCUT2D eigenvalue weighted by Gasteiger charge is -2.13. The number of aryl methyl sites for hydroxylation is 1. The molecule has 28 heavy (non-hydrogen) atoms. The number of benzene rings is 1. The summed E-state index contributed by atoms with van der Waals surface area (Å²) in [5.41, 5.74) is -0.150. The summed E-state index contributed by atoms with van der Waals surface area (Å²) in [5.74, 6) is -4.92. The molecule has 0 fully saturated rings. The number of ether oxygens (including phenoxy) is 1. The van der Waals surface area contributed by atoms with E-state index in [2.05, 4.69) is 15.0 Å². The molecule has 0 aliphatic heterocycles. The Morgan fingerprint density at radius 3 is 2.46 bits per heavy atom. The molecule has 0 spiro atoms. The van der Waals surface area contributed by atoms with Crippen LogP contribution in [0.25, 0.3) is 16.9 Å². The maximum absolute atomic E-state index is 13.5. The fraction of sp³-hybridized carbons (Fsp3) is 0.0588. The van der Waals surface area contributed by atoms with E-state index in [0.717, 1.165) is 4.57 Å². The van der Waals surface area contributed by atoms with Gasteiger partial charge in [0.25, 0.3) is 5.56 Å². The first-order valence-corrected chi connectivity index (χ1v) is 8.11. The summed E-state index contributed by atoms with van der Waals surface area (Å²) in [6.45, 7) is 0. The number of imidazole rings is 1. The van der Waals surface area contributed by atoms with Crippen molar-refractivity contribution in [3.05, 3.63) is 69.7 Å². The summed E-state index contributed by atoms with van der Waals surface area (Å²) in [5, 5.41) is 0.189. The third-order valence-corrected chi connectivity index (χ3v) is 4.06. The number of nitrogens with zero attached hydrogens (tertiary/aromatic N) is 5. The SMILES string of the molecule is Cn1cnc2c(=O)n(-c3ccc(Cl)nc3)c(Oc3cc(F)c(F)c(F)c3)nc21. The predicted octanol–water partition coefficient (Wildman–Crippen LogP) is 3.38. The van der Waals surface area contributed by atoms with Gasteiger partial charge >= 0.3 is 6.01 Å². The third kappa shape index (κ3) is 2.97. The normalized spacial score (nSPS) is 11.2. The van der Waals surface area contributed by atoms with Crippen LogP contribution in [0, 0.1) is 17.5 Å². The summed E-state index contributed by atoms with van der Waals surface area (Å²) in [7, 11) is 1.61. The van der Waals surface area contributed by atoms with Crippen LogP contribution in [0.2, 0.25) is 5.15 Å². The Hall–Kier alpha value is -3.40.